The SMILES string of the molecule is Oc1cccc(CN2CCNC(C3CCCCC3)C2)c1. The van der Waals surface area contributed by atoms with Crippen molar-refractivity contribution in [2.24, 2.45) is 5.92 Å². The maximum atomic E-state index is 9.57. The summed E-state index contributed by atoms with van der Waals surface area (Å²) in [6.45, 7) is 4.32. The Bertz CT molecular complexity index is 429. The molecular weight excluding hydrogens is 248 g/mol. The molecule has 20 heavy (non-hydrogen) atoms. The number of phenolic OH excluding ortho intramolecular Hbond substituents is 1. The van der Waals surface area contributed by atoms with Gasteiger partial charge in [0.25, 0.3) is 0 Å². The summed E-state index contributed by atoms with van der Waals surface area (Å²) in [7, 11) is 0. The van der Waals surface area contributed by atoms with Crippen LogP contribution in [0.25, 0.3) is 0 Å². The van der Waals surface area contributed by atoms with Gasteiger partial charge in [-0.15, -0.1) is 0 Å². The van der Waals surface area contributed by atoms with Crippen LogP contribution in [0.5, 0.6) is 5.75 Å². The first-order valence-corrected chi connectivity index (χ1v) is 8.05. The van der Waals surface area contributed by atoms with Crippen LogP contribution in [-0.2, 0) is 6.54 Å². The summed E-state index contributed by atoms with van der Waals surface area (Å²) < 4.78 is 0. The Morgan fingerprint density at radius 2 is 2.05 bits per heavy atom. The second-order valence-electron chi connectivity index (χ2n) is 6.36. The minimum atomic E-state index is 0.376. The van der Waals surface area contributed by atoms with Gasteiger partial charge in [-0.25, -0.2) is 0 Å². The van der Waals surface area contributed by atoms with Gasteiger partial charge < -0.3 is 10.4 Å². The Kier molecular flexibility index (Phi) is 4.58. The zero-order valence-electron chi connectivity index (χ0n) is 12.2. The number of hydrogen-bond acceptors (Lipinski definition) is 3. The minimum absolute atomic E-state index is 0.376. The fraction of sp³-hybridized carbons (Fsp3) is 0.647. The van der Waals surface area contributed by atoms with Crippen LogP contribution in [0, 0.1) is 5.92 Å². The fourth-order valence-electron chi connectivity index (χ4n) is 3.75. The van der Waals surface area contributed by atoms with Crippen molar-refractivity contribution >= 4 is 0 Å². The summed E-state index contributed by atoms with van der Waals surface area (Å²) in [5.74, 6) is 1.25. The molecule has 1 aliphatic carbocycles. The van der Waals surface area contributed by atoms with E-state index >= 15 is 0 Å². The van der Waals surface area contributed by atoms with Crippen molar-refractivity contribution in [2.75, 3.05) is 19.6 Å². The van der Waals surface area contributed by atoms with Gasteiger partial charge in [0.1, 0.15) is 5.75 Å². The van der Waals surface area contributed by atoms with E-state index < -0.39 is 0 Å². The standard InChI is InChI=1S/C17H26N2O/c20-16-8-4-5-14(11-16)12-19-10-9-18-17(13-19)15-6-2-1-3-7-15/h4-5,8,11,15,17-18,20H,1-3,6-7,9-10,12-13H2. The molecule has 1 saturated heterocycles. The van der Waals surface area contributed by atoms with Crippen LogP contribution in [0.4, 0.5) is 0 Å². The number of phenols is 1. The van der Waals surface area contributed by atoms with E-state index in [2.05, 4.69) is 16.3 Å². The van der Waals surface area contributed by atoms with Crippen molar-refractivity contribution in [3.63, 3.8) is 0 Å². The summed E-state index contributed by atoms with van der Waals surface area (Å²) >= 11 is 0. The molecule has 0 amide bonds. The number of piperazine rings is 1. The average molecular weight is 274 g/mol. The predicted molar refractivity (Wildman–Crippen MR) is 81.7 cm³/mol. The lowest BCUT2D eigenvalue weighted by Gasteiger charge is -2.39. The highest BCUT2D eigenvalue weighted by molar-refractivity contribution is 5.27. The minimum Gasteiger partial charge on any atom is -0.508 e. The third-order valence-corrected chi connectivity index (χ3v) is 4.83. The normalized spacial score (nSPS) is 25.7. The van der Waals surface area contributed by atoms with Gasteiger partial charge in [0.2, 0.25) is 0 Å². The van der Waals surface area contributed by atoms with Gasteiger partial charge in [-0.05, 0) is 36.5 Å². The summed E-state index contributed by atoms with van der Waals surface area (Å²) in [6, 6.07) is 8.34. The average Bonchev–Trinajstić information content (AvgIpc) is 2.48. The topological polar surface area (TPSA) is 35.5 Å². The highest BCUT2D eigenvalue weighted by atomic mass is 16.3. The van der Waals surface area contributed by atoms with Gasteiger partial charge in [0, 0.05) is 32.2 Å². The van der Waals surface area contributed by atoms with Crippen molar-refractivity contribution < 1.29 is 5.11 Å². The first-order chi connectivity index (χ1) is 9.81. The van der Waals surface area contributed by atoms with Gasteiger partial charge in [0.05, 0.1) is 0 Å². The van der Waals surface area contributed by atoms with Gasteiger partial charge in [-0.2, -0.15) is 0 Å². The van der Waals surface area contributed by atoms with E-state index in [0.717, 1.165) is 32.1 Å². The maximum Gasteiger partial charge on any atom is 0.115 e. The molecule has 1 unspecified atom stereocenters. The molecule has 2 fully saturated rings. The van der Waals surface area contributed by atoms with Crippen molar-refractivity contribution in [1.29, 1.82) is 0 Å². The molecule has 2 N–H and O–H groups in total. The van der Waals surface area contributed by atoms with E-state index in [1.807, 2.05) is 12.1 Å². The molecule has 1 atom stereocenters. The number of nitrogens with one attached hydrogen (secondary N) is 1. The molecule has 1 aromatic carbocycles. The molecule has 0 spiro atoms. The van der Waals surface area contributed by atoms with Gasteiger partial charge >= 0.3 is 0 Å². The Labute approximate surface area is 122 Å². The highest BCUT2D eigenvalue weighted by Gasteiger charge is 2.27. The van der Waals surface area contributed by atoms with Gasteiger partial charge in [-0.1, -0.05) is 31.4 Å². The molecule has 0 radical (unpaired) electrons. The molecule has 0 aromatic heterocycles. The summed E-state index contributed by atoms with van der Waals surface area (Å²) in [6.07, 6.45) is 7.05. The van der Waals surface area contributed by atoms with E-state index in [-0.39, 0.29) is 0 Å². The van der Waals surface area contributed by atoms with Crippen molar-refractivity contribution in [1.82, 2.24) is 10.2 Å². The third kappa shape index (κ3) is 3.53. The van der Waals surface area contributed by atoms with Gasteiger partial charge in [0.15, 0.2) is 0 Å². The zero-order valence-corrected chi connectivity index (χ0v) is 12.2. The Morgan fingerprint density at radius 1 is 1.20 bits per heavy atom. The third-order valence-electron chi connectivity index (χ3n) is 4.83. The molecule has 1 aliphatic heterocycles. The van der Waals surface area contributed by atoms with Crippen molar-refractivity contribution in [3.8, 4) is 5.75 Å². The van der Waals surface area contributed by atoms with Crippen LogP contribution in [0.2, 0.25) is 0 Å². The van der Waals surface area contributed by atoms with Crippen LogP contribution < -0.4 is 5.32 Å². The molecule has 3 rings (SSSR count). The summed E-state index contributed by atoms with van der Waals surface area (Å²) in [4.78, 5) is 2.53. The lowest BCUT2D eigenvalue weighted by Crippen LogP contribution is -2.53. The summed E-state index contributed by atoms with van der Waals surface area (Å²) in [5.41, 5.74) is 1.22. The molecule has 1 saturated carbocycles. The maximum absolute atomic E-state index is 9.57. The van der Waals surface area contributed by atoms with Gasteiger partial charge in [-0.3, -0.25) is 4.90 Å². The fourth-order valence-corrected chi connectivity index (χ4v) is 3.75. The van der Waals surface area contributed by atoms with E-state index in [0.29, 0.717) is 11.8 Å². The largest absolute Gasteiger partial charge is 0.508 e. The lowest BCUT2D eigenvalue weighted by atomic mass is 9.83. The molecular formula is C17H26N2O. The quantitative estimate of drug-likeness (QED) is 0.889. The number of nitrogens with zero attached hydrogens (tertiary/aromatic N) is 1. The van der Waals surface area contributed by atoms with Crippen molar-refractivity contribution in [2.45, 2.75) is 44.7 Å². The van der Waals surface area contributed by atoms with E-state index in [9.17, 15) is 5.11 Å². The lowest BCUT2D eigenvalue weighted by molar-refractivity contribution is 0.141. The zero-order chi connectivity index (χ0) is 13.8. The molecule has 110 valence electrons. The molecule has 0 bridgehead atoms. The molecule has 1 aromatic rings. The molecule has 1 heterocycles. The van der Waals surface area contributed by atoms with Crippen LogP contribution in [0.15, 0.2) is 24.3 Å². The van der Waals surface area contributed by atoms with Crippen molar-refractivity contribution in [3.05, 3.63) is 29.8 Å². The second kappa shape index (κ2) is 6.59. The molecule has 3 nitrogen and oxygen atoms in total. The molecule has 2 aliphatic rings. The van der Waals surface area contributed by atoms with Crippen LogP contribution in [-0.4, -0.2) is 35.7 Å². The van der Waals surface area contributed by atoms with E-state index in [1.165, 1.54) is 37.7 Å². The first-order valence-electron chi connectivity index (χ1n) is 8.05. The molecule has 3 heteroatoms. The van der Waals surface area contributed by atoms with Crippen LogP contribution in [0.3, 0.4) is 0 Å². The Morgan fingerprint density at radius 3 is 2.85 bits per heavy atom. The highest BCUT2D eigenvalue weighted by Crippen LogP contribution is 2.28. The monoisotopic (exact) mass is 274 g/mol. The Hall–Kier alpha value is -1.06. The predicted octanol–water partition coefficient (Wildman–Crippen LogP) is 2.75. The summed E-state index contributed by atoms with van der Waals surface area (Å²) in [5, 5.41) is 13.3. The first kappa shape index (κ1) is 13.9. The van der Waals surface area contributed by atoms with E-state index in [4.69, 9.17) is 0 Å². The number of benzene rings is 1. The number of hydrogen-bond donors (Lipinski definition) is 2. The van der Waals surface area contributed by atoms with Crippen LogP contribution >= 0.6 is 0 Å². The smallest absolute Gasteiger partial charge is 0.115 e. The van der Waals surface area contributed by atoms with E-state index in [1.54, 1.807) is 6.07 Å². The second-order valence-corrected chi connectivity index (χ2v) is 6.36. The number of aromatic hydroxyl groups is 1. The van der Waals surface area contributed by atoms with Crippen LogP contribution in [0.1, 0.15) is 37.7 Å². The number of rotatable bonds is 3. The Balaban J connectivity index is 1.57.